The average molecular weight is 383 g/mol. The van der Waals surface area contributed by atoms with E-state index in [2.05, 4.69) is 5.32 Å². The van der Waals surface area contributed by atoms with Crippen molar-refractivity contribution < 1.29 is 22.7 Å². The van der Waals surface area contributed by atoms with Gasteiger partial charge in [-0.25, -0.2) is 8.42 Å². The van der Waals surface area contributed by atoms with Crippen LogP contribution in [0.2, 0.25) is 0 Å². The van der Waals surface area contributed by atoms with Gasteiger partial charge in [0.25, 0.3) is 11.8 Å². The van der Waals surface area contributed by atoms with Crippen molar-refractivity contribution in [2.45, 2.75) is 44.0 Å². The van der Waals surface area contributed by atoms with Gasteiger partial charge in [-0.15, -0.1) is 0 Å². The lowest BCUT2D eigenvalue weighted by molar-refractivity contribution is -0.124. The Morgan fingerprint density at radius 3 is 2.38 bits per heavy atom. The summed E-state index contributed by atoms with van der Waals surface area (Å²) in [5.74, 6) is -1.11. The van der Waals surface area contributed by atoms with Gasteiger partial charge in [-0.3, -0.25) is 9.59 Å². The number of hydrogen-bond acceptors (Lipinski definition) is 5. The van der Waals surface area contributed by atoms with E-state index in [4.69, 9.17) is 10.5 Å². The van der Waals surface area contributed by atoms with Crippen LogP contribution < -0.4 is 15.8 Å². The summed E-state index contributed by atoms with van der Waals surface area (Å²) in [6.45, 7) is 6.10. The smallest absolute Gasteiger partial charge is 0.258 e. The standard InChI is InChI=1S/C17H25N3O5S/c1-17(2,3)19-15(21)11-25-14-7-6-12(10-13(14)16(18)22)26(23,24)20-8-4-5-9-20/h6-7,10H,4-5,8-9,11H2,1-3H3,(H2,18,22)(H,19,21). The summed E-state index contributed by atoms with van der Waals surface area (Å²) in [6.07, 6.45) is 1.62. The number of nitrogens with two attached hydrogens (primary N) is 1. The first kappa shape index (κ1) is 20.2. The fourth-order valence-corrected chi connectivity index (χ4v) is 4.21. The summed E-state index contributed by atoms with van der Waals surface area (Å²) >= 11 is 0. The van der Waals surface area contributed by atoms with Crippen LogP contribution in [0.5, 0.6) is 5.75 Å². The van der Waals surface area contributed by atoms with Crippen LogP contribution in [0.4, 0.5) is 0 Å². The molecule has 0 bridgehead atoms. The maximum atomic E-state index is 12.6. The van der Waals surface area contributed by atoms with Crippen LogP contribution in [0.3, 0.4) is 0 Å². The number of amides is 2. The number of hydrogen-bond donors (Lipinski definition) is 2. The molecular weight excluding hydrogens is 358 g/mol. The van der Waals surface area contributed by atoms with Crippen molar-refractivity contribution in [3.8, 4) is 5.75 Å². The monoisotopic (exact) mass is 383 g/mol. The van der Waals surface area contributed by atoms with E-state index in [-0.39, 0.29) is 28.7 Å². The average Bonchev–Trinajstić information content (AvgIpc) is 3.06. The quantitative estimate of drug-likeness (QED) is 0.755. The molecule has 0 atom stereocenters. The minimum absolute atomic E-state index is 0.0142. The Kier molecular flexibility index (Phi) is 5.92. The molecule has 1 heterocycles. The Balaban J connectivity index is 2.21. The first-order valence-corrected chi connectivity index (χ1v) is 9.82. The molecule has 0 spiro atoms. The highest BCUT2D eigenvalue weighted by atomic mass is 32.2. The number of rotatable bonds is 6. The number of ether oxygens (including phenoxy) is 1. The molecule has 1 saturated heterocycles. The van der Waals surface area contributed by atoms with Crippen LogP contribution in [0.1, 0.15) is 44.0 Å². The van der Waals surface area contributed by atoms with Crippen molar-refractivity contribution in [2.75, 3.05) is 19.7 Å². The van der Waals surface area contributed by atoms with Gasteiger partial charge in [0.15, 0.2) is 6.61 Å². The lowest BCUT2D eigenvalue weighted by Gasteiger charge is -2.21. The van der Waals surface area contributed by atoms with Gasteiger partial charge in [0.05, 0.1) is 10.5 Å². The predicted molar refractivity (Wildman–Crippen MR) is 96.3 cm³/mol. The molecule has 1 aromatic rings. The third-order valence-corrected chi connectivity index (χ3v) is 5.69. The molecule has 1 aliphatic heterocycles. The van der Waals surface area contributed by atoms with Crippen molar-refractivity contribution in [1.82, 2.24) is 9.62 Å². The second-order valence-corrected chi connectivity index (χ2v) is 9.16. The number of nitrogens with one attached hydrogen (secondary N) is 1. The summed E-state index contributed by atoms with van der Waals surface area (Å²) in [5, 5.41) is 2.73. The van der Waals surface area contributed by atoms with Crippen molar-refractivity contribution in [2.24, 2.45) is 5.73 Å². The molecule has 2 rings (SSSR count). The van der Waals surface area contributed by atoms with Crippen LogP contribution in [0.15, 0.2) is 23.1 Å². The maximum Gasteiger partial charge on any atom is 0.258 e. The molecule has 0 radical (unpaired) electrons. The van der Waals surface area contributed by atoms with Gasteiger partial charge in [0.1, 0.15) is 5.75 Å². The van der Waals surface area contributed by atoms with E-state index >= 15 is 0 Å². The molecule has 0 aromatic heterocycles. The number of sulfonamides is 1. The van der Waals surface area contributed by atoms with E-state index in [0.29, 0.717) is 13.1 Å². The van der Waals surface area contributed by atoms with Crippen LogP contribution in [0, 0.1) is 0 Å². The van der Waals surface area contributed by atoms with E-state index in [9.17, 15) is 18.0 Å². The van der Waals surface area contributed by atoms with Gasteiger partial charge >= 0.3 is 0 Å². The van der Waals surface area contributed by atoms with Gasteiger partial charge in [0, 0.05) is 18.6 Å². The zero-order chi connectivity index (χ0) is 19.5. The second kappa shape index (κ2) is 7.63. The summed E-state index contributed by atoms with van der Waals surface area (Å²) < 4.78 is 32.0. The minimum atomic E-state index is -3.68. The third-order valence-electron chi connectivity index (χ3n) is 3.79. The summed E-state index contributed by atoms with van der Waals surface area (Å²) in [6, 6.07) is 3.91. The molecule has 2 amide bonds. The second-order valence-electron chi connectivity index (χ2n) is 7.22. The van der Waals surface area contributed by atoms with Crippen LogP contribution in [-0.4, -0.2) is 49.8 Å². The third kappa shape index (κ3) is 4.95. The molecule has 0 unspecified atom stereocenters. The van der Waals surface area contributed by atoms with E-state index in [1.165, 1.54) is 22.5 Å². The lowest BCUT2D eigenvalue weighted by Crippen LogP contribution is -2.43. The number of benzene rings is 1. The summed E-state index contributed by atoms with van der Waals surface area (Å²) in [4.78, 5) is 23.6. The van der Waals surface area contributed by atoms with Crippen LogP contribution >= 0.6 is 0 Å². The largest absolute Gasteiger partial charge is 0.483 e. The molecule has 1 aliphatic rings. The molecule has 1 fully saturated rings. The molecule has 8 nitrogen and oxygen atoms in total. The lowest BCUT2D eigenvalue weighted by atomic mass is 10.1. The molecule has 26 heavy (non-hydrogen) atoms. The Hall–Kier alpha value is -2.13. The van der Waals surface area contributed by atoms with Crippen molar-refractivity contribution >= 4 is 21.8 Å². The van der Waals surface area contributed by atoms with Gasteiger partial charge < -0.3 is 15.8 Å². The molecule has 3 N–H and O–H groups in total. The molecule has 144 valence electrons. The van der Waals surface area contributed by atoms with Crippen molar-refractivity contribution in [3.05, 3.63) is 23.8 Å². The number of nitrogens with zero attached hydrogens (tertiary/aromatic N) is 1. The minimum Gasteiger partial charge on any atom is -0.483 e. The van der Waals surface area contributed by atoms with Gasteiger partial charge in [-0.05, 0) is 51.8 Å². The zero-order valence-electron chi connectivity index (χ0n) is 15.2. The van der Waals surface area contributed by atoms with E-state index in [0.717, 1.165) is 12.8 Å². The number of carbonyl (C=O) groups excluding carboxylic acids is 2. The summed E-state index contributed by atoms with van der Waals surface area (Å²) in [5.41, 5.74) is 4.87. The summed E-state index contributed by atoms with van der Waals surface area (Å²) in [7, 11) is -3.68. The van der Waals surface area contributed by atoms with Gasteiger partial charge in [-0.2, -0.15) is 4.31 Å². The fourth-order valence-electron chi connectivity index (χ4n) is 2.66. The Morgan fingerprint density at radius 1 is 1.23 bits per heavy atom. The predicted octanol–water partition coefficient (Wildman–Crippen LogP) is 0.864. The van der Waals surface area contributed by atoms with Crippen molar-refractivity contribution in [1.29, 1.82) is 0 Å². The number of carbonyl (C=O) groups is 2. The maximum absolute atomic E-state index is 12.6. The highest BCUT2D eigenvalue weighted by Gasteiger charge is 2.28. The molecule has 1 aromatic carbocycles. The molecular formula is C17H25N3O5S. The fraction of sp³-hybridized carbons (Fsp3) is 0.529. The van der Waals surface area contributed by atoms with Crippen molar-refractivity contribution in [3.63, 3.8) is 0 Å². The van der Waals surface area contributed by atoms with Gasteiger partial charge in [-0.1, -0.05) is 0 Å². The zero-order valence-corrected chi connectivity index (χ0v) is 16.1. The Morgan fingerprint density at radius 2 is 1.85 bits per heavy atom. The van der Waals surface area contributed by atoms with Gasteiger partial charge in [0.2, 0.25) is 10.0 Å². The Labute approximate surface area is 153 Å². The van der Waals surface area contributed by atoms with Crippen LogP contribution in [-0.2, 0) is 14.8 Å². The molecule has 9 heteroatoms. The first-order valence-electron chi connectivity index (χ1n) is 8.38. The first-order chi connectivity index (χ1) is 12.0. The highest BCUT2D eigenvalue weighted by molar-refractivity contribution is 7.89. The molecule has 0 aliphatic carbocycles. The van der Waals surface area contributed by atoms with Crippen LogP contribution in [0.25, 0.3) is 0 Å². The number of primary amides is 1. The normalized spacial score (nSPS) is 15.7. The Bertz CT molecular complexity index is 793. The van der Waals surface area contributed by atoms with E-state index < -0.39 is 21.5 Å². The topological polar surface area (TPSA) is 119 Å². The van der Waals surface area contributed by atoms with E-state index in [1.54, 1.807) is 0 Å². The molecule has 0 saturated carbocycles. The highest BCUT2D eigenvalue weighted by Crippen LogP contribution is 2.26. The SMILES string of the molecule is CC(C)(C)NC(=O)COc1ccc(S(=O)(=O)N2CCCC2)cc1C(N)=O. The van der Waals surface area contributed by atoms with E-state index in [1.807, 2.05) is 20.8 Å².